The van der Waals surface area contributed by atoms with Crippen molar-refractivity contribution in [2.24, 2.45) is 0 Å². The molecule has 0 radical (unpaired) electrons. The van der Waals surface area contributed by atoms with E-state index in [0.29, 0.717) is 10.5 Å². The fourth-order valence-electron chi connectivity index (χ4n) is 2.50. The molecule has 0 saturated carbocycles. The van der Waals surface area contributed by atoms with Crippen LogP contribution in [0.15, 0.2) is 78.7 Å². The van der Waals surface area contributed by atoms with Gasteiger partial charge in [-0.15, -0.1) is 11.3 Å². The molecule has 2 heterocycles. The standard InChI is InChI=1S/C20H17NO2S/c1-3-4-16(11-13(2)22)20(23)19-8-7-18(24-19)15-6-5-14-9-10-21-17(14)12-15/h3-12,21-22H,1H2,2H3/b13-11+,16-4+. The number of carbonyl (C=O) groups is 1. The number of aliphatic hydroxyl groups is 1. The van der Waals surface area contributed by atoms with E-state index in [1.54, 1.807) is 12.2 Å². The highest BCUT2D eigenvalue weighted by atomic mass is 32.1. The zero-order valence-electron chi connectivity index (χ0n) is 13.2. The van der Waals surface area contributed by atoms with Crippen LogP contribution in [0.5, 0.6) is 0 Å². The summed E-state index contributed by atoms with van der Waals surface area (Å²) in [5.74, 6) is -0.0362. The summed E-state index contributed by atoms with van der Waals surface area (Å²) in [4.78, 5) is 17.5. The van der Waals surface area contributed by atoms with Crippen LogP contribution in [-0.2, 0) is 0 Å². The fraction of sp³-hybridized carbons (Fsp3) is 0.0500. The van der Waals surface area contributed by atoms with Gasteiger partial charge in [0.05, 0.1) is 10.6 Å². The molecular formula is C20H17NO2S. The summed E-state index contributed by atoms with van der Waals surface area (Å²) >= 11 is 1.44. The van der Waals surface area contributed by atoms with Crippen LogP contribution in [0.25, 0.3) is 21.3 Å². The van der Waals surface area contributed by atoms with Crippen molar-refractivity contribution in [1.82, 2.24) is 4.98 Å². The van der Waals surface area contributed by atoms with E-state index in [0.717, 1.165) is 21.3 Å². The summed E-state index contributed by atoms with van der Waals surface area (Å²) in [6.45, 7) is 5.16. The lowest BCUT2D eigenvalue weighted by Crippen LogP contribution is -1.99. The topological polar surface area (TPSA) is 53.1 Å². The Labute approximate surface area is 144 Å². The Balaban J connectivity index is 1.94. The minimum atomic E-state index is -0.125. The van der Waals surface area contributed by atoms with Gasteiger partial charge in [-0.05, 0) is 48.2 Å². The second kappa shape index (κ2) is 6.72. The van der Waals surface area contributed by atoms with E-state index in [9.17, 15) is 9.90 Å². The molecule has 2 aromatic heterocycles. The van der Waals surface area contributed by atoms with Crippen LogP contribution < -0.4 is 0 Å². The molecule has 4 heteroatoms. The van der Waals surface area contributed by atoms with Gasteiger partial charge in [-0.2, -0.15) is 0 Å². The maximum atomic E-state index is 12.6. The Kier molecular flexibility index (Phi) is 4.49. The van der Waals surface area contributed by atoms with E-state index >= 15 is 0 Å². The summed E-state index contributed by atoms with van der Waals surface area (Å²) in [5, 5.41) is 10.6. The first kappa shape index (κ1) is 16.0. The maximum Gasteiger partial charge on any atom is 0.203 e. The number of rotatable bonds is 5. The van der Waals surface area contributed by atoms with Crippen molar-refractivity contribution in [3.8, 4) is 10.4 Å². The largest absolute Gasteiger partial charge is 0.513 e. The van der Waals surface area contributed by atoms with Crippen molar-refractivity contribution in [2.75, 3.05) is 0 Å². The molecule has 0 saturated heterocycles. The number of hydrogen-bond acceptors (Lipinski definition) is 3. The molecule has 0 aliphatic carbocycles. The second-order valence-electron chi connectivity index (χ2n) is 5.42. The van der Waals surface area contributed by atoms with Crippen LogP contribution in [0.3, 0.4) is 0 Å². The van der Waals surface area contributed by atoms with E-state index in [1.807, 2.05) is 24.4 Å². The Morgan fingerprint density at radius 1 is 1.25 bits per heavy atom. The number of benzene rings is 1. The Bertz CT molecular complexity index is 968. The number of carbonyl (C=O) groups excluding carboxylic acids is 1. The summed E-state index contributed by atoms with van der Waals surface area (Å²) in [7, 11) is 0. The molecule has 120 valence electrons. The van der Waals surface area contributed by atoms with Crippen molar-refractivity contribution in [1.29, 1.82) is 0 Å². The van der Waals surface area contributed by atoms with Crippen LogP contribution in [0, 0.1) is 0 Å². The molecule has 0 unspecified atom stereocenters. The highest BCUT2D eigenvalue weighted by Crippen LogP contribution is 2.31. The van der Waals surface area contributed by atoms with Crippen LogP contribution >= 0.6 is 11.3 Å². The molecular weight excluding hydrogens is 318 g/mol. The lowest BCUT2D eigenvalue weighted by atomic mass is 10.1. The SMILES string of the molecule is C=C/C=C(\C=C(/C)O)C(=O)c1ccc(-c2ccc3cc[nH]c3c2)s1. The summed E-state index contributed by atoms with van der Waals surface area (Å²) < 4.78 is 0. The van der Waals surface area contributed by atoms with E-state index in [-0.39, 0.29) is 11.5 Å². The lowest BCUT2D eigenvalue weighted by Gasteiger charge is -2.00. The Morgan fingerprint density at radius 3 is 2.83 bits per heavy atom. The Hall–Kier alpha value is -2.85. The van der Waals surface area contributed by atoms with Crippen molar-refractivity contribution in [2.45, 2.75) is 6.92 Å². The van der Waals surface area contributed by atoms with Gasteiger partial charge in [-0.1, -0.05) is 30.9 Å². The number of allylic oxidation sites excluding steroid dienone is 5. The number of aromatic nitrogens is 1. The average Bonchev–Trinajstić information content (AvgIpc) is 3.21. The first-order chi connectivity index (χ1) is 11.6. The van der Waals surface area contributed by atoms with Gasteiger partial charge in [0, 0.05) is 22.2 Å². The van der Waals surface area contributed by atoms with E-state index < -0.39 is 0 Å². The van der Waals surface area contributed by atoms with Crippen LogP contribution in [-0.4, -0.2) is 15.9 Å². The van der Waals surface area contributed by atoms with Gasteiger partial charge in [0.1, 0.15) is 0 Å². The third-order valence-corrected chi connectivity index (χ3v) is 4.73. The molecule has 0 spiro atoms. The first-order valence-electron chi connectivity index (χ1n) is 7.50. The third kappa shape index (κ3) is 3.24. The molecule has 0 fully saturated rings. The number of Topliss-reactive ketones (excluding diaryl/α,β-unsaturated/α-hetero) is 1. The summed E-state index contributed by atoms with van der Waals surface area (Å²) in [6.07, 6.45) is 6.51. The quantitative estimate of drug-likeness (QED) is 0.274. The third-order valence-electron chi connectivity index (χ3n) is 3.59. The predicted octanol–water partition coefficient (Wildman–Crippen LogP) is 5.65. The number of thiophene rings is 1. The molecule has 3 aromatic rings. The van der Waals surface area contributed by atoms with Gasteiger partial charge in [0.15, 0.2) is 0 Å². The normalized spacial score (nSPS) is 12.5. The number of fused-ring (bicyclic) bond motifs is 1. The van der Waals surface area contributed by atoms with Crippen LogP contribution in [0.4, 0.5) is 0 Å². The van der Waals surface area contributed by atoms with Gasteiger partial charge in [0.25, 0.3) is 0 Å². The van der Waals surface area contributed by atoms with E-state index in [2.05, 4.69) is 29.8 Å². The van der Waals surface area contributed by atoms with Crippen LogP contribution in [0.2, 0.25) is 0 Å². The smallest absolute Gasteiger partial charge is 0.203 e. The maximum absolute atomic E-state index is 12.6. The molecule has 1 aromatic carbocycles. The predicted molar refractivity (Wildman–Crippen MR) is 101 cm³/mol. The first-order valence-corrected chi connectivity index (χ1v) is 8.32. The van der Waals surface area contributed by atoms with Gasteiger partial charge in [-0.25, -0.2) is 0 Å². The highest BCUT2D eigenvalue weighted by Gasteiger charge is 2.14. The molecule has 3 nitrogen and oxygen atoms in total. The zero-order chi connectivity index (χ0) is 17.1. The number of ketones is 1. The average molecular weight is 335 g/mol. The zero-order valence-corrected chi connectivity index (χ0v) is 14.1. The number of H-pyrrole nitrogens is 1. The molecule has 0 atom stereocenters. The van der Waals surface area contributed by atoms with Gasteiger partial charge >= 0.3 is 0 Å². The highest BCUT2D eigenvalue weighted by molar-refractivity contribution is 7.17. The number of aliphatic hydroxyl groups excluding tert-OH is 1. The summed E-state index contributed by atoms with van der Waals surface area (Å²) in [5.41, 5.74) is 2.55. The van der Waals surface area contributed by atoms with E-state index in [4.69, 9.17) is 0 Å². The lowest BCUT2D eigenvalue weighted by molar-refractivity contribution is 0.104. The number of hydrogen-bond donors (Lipinski definition) is 2. The van der Waals surface area contributed by atoms with E-state index in [1.165, 1.54) is 24.3 Å². The number of aromatic amines is 1. The second-order valence-corrected chi connectivity index (χ2v) is 6.50. The van der Waals surface area contributed by atoms with Gasteiger partial charge < -0.3 is 10.1 Å². The van der Waals surface area contributed by atoms with Crippen molar-refractivity contribution >= 4 is 28.0 Å². The Morgan fingerprint density at radius 2 is 2.08 bits per heavy atom. The summed E-state index contributed by atoms with van der Waals surface area (Å²) in [6, 6.07) is 12.0. The molecule has 2 N–H and O–H groups in total. The van der Waals surface area contributed by atoms with Crippen molar-refractivity contribution < 1.29 is 9.90 Å². The number of nitrogens with one attached hydrogen (secondary N) is 1. The fourth-order valence-corrected chi connectivity index (χ4v) is 3.46. The molecule has 0 bridgehead atoms. The minimum absolute atomic E-state index is 0.0884. The van der Waals surface area contributed by atoms with Crippen molar-refractivity contribution in [3.05, 3.63) is 83.6 Å². The minimum Gasteiger partial charge on any atom is -0.513 e. The van der Waals surface area contributed by atoms with Crippen LogP contribution in [0.1, 0.15) is 16.6 Å². The molecule has 0 aliphatic heterocycles. The molecule has 0 aliphatic rings. The molecule has 0 amide bonds. The van der Waals surface area contributed by atoms with Crippen molar-refractivity contribution in [3.63, 3.8) is 0 Å². The monoisotopic (exact) mass is 335 g/mol. The molecule has 24 heavy (non-hydrogen) atoms. The molecule has 3 rings (SSSR count). The van der Waals surface area contributed by atoms with Gasteiger partial charge in [0.2, 0.25) is 5.78 Å². The van der Waals surface area contributed by atoms with Gasteiger partial charge in [-0.3, -0.25) is 4.79 Å².